The zero-order valence-corrected chi connectivity index (χ0v) is 7.60. The Hall–Kier alpha value is -2.04. The van der Waals surface area contributed by atoms with Crippen molar-refractivity contribution in [1.29, 1.82) is 0 Å². The van der Waals surface area contributed by atoms with Crippen LogP contribution in [-0.4, -0.2) is 12.4 Å². The largest absolute Gasteiger partial charge is 0.370 e. The first-order chi connectivity index (χ1) is 6.72. The summed E-state index contributed by atoms with van der Waals surface area (Å²) in [6, 6.07) is 7.26. The van der Waals surface area contributed by atoms with Gasteiger partial charge in [-0.2, -0.15) is 0 Å². The fraction of sp³-hybridized carbons (Fsp3) is 0.111. The van der Waals surface area contributed by atoms with E-state index in [9.17, 15) is 4.79 Å². The monoisotopic (exact) mass is 192 g/mol. The predicted octanol–water partition coefficient (Wildman–Crippen LogP) is 0.0283. The Morgan fingerprint density at radius 3 is 2.50 bits per heavy atom. The van der Waals surface area contributed by atoms with Crippen LogP contribution in [0.1, 0.15) is 5.56 Å². The van der Waals surface area contributed by atoms with Crippen molar-refractivity contribution in [3.8, 4) is 0 Å². The Bertz CT molecular complexity index is 327. The van der Waals surface area contributed by atoms with E-state index in [0.717, 1.165) is 11.3 Å². The third-order valence-corrected chi connectivity index (χ3v) is 1.62. The highest BCUT2D eigenvalue weighted by Crippen LogP contribution is 2.09. The number of guanidine groups is 1. The summed E-state index contributed by atoms with van der Waals surface area (Å²) in [7, 11) is 0. The van der Waals surface area contributed by atoms with Gasteiger partial charge in [-0.25, -0.2) is 4.99 Å². The minimum absolute atomic E-state index is 0.0695. The van der Waals surface area contributed by atoms with Crippen LogP contribution in [0.3, 0.4) is 0 Å². The molecular weight excluding hydrogens is 180 g/mol. The molecule has 1 amide bonds. The summed E-state index contributed by atoms with van der Waals surface area (Å²) in [6.07, 6.45) is 0.630. The van der Waals surface area contributed by atoms with E-state index < -0.39 is 0 Å². The minimum Gasteiger partial charge on any atom is -0.370 e. The van der Waals surface area contributed by atoms with Crippen LogP contribution in [0.4, 0.5) is 5.69 Å². The Morgan fingerprint density at radius 2 is 2.00 bits per heavy atom. The number of amides is 1. The van der Waals surface area contributed by atoms with Gasteiger partial charge in [-0.3, -0.25) is 4.79 Å². The number of hydrogen-bond donors (Lipinski definition) is 3. The molecule has 5 N–H and O–H groups in total. The molecule has 0 saturated heterocycles. The van der Waals surface area contributed by atoms with Gasteiger partial charge in [-0.15, -0.1) is 0 Å². The molecule has 74 valence electrons. The number of carbonyl (C=O) groups is 1. The summed E-state index contributed by atoms with van der Waals surface area (Å²) < 4.78 is 0. The van der Waals surface area contributed by atoms with Gasteiger partial charge in [0.05, 0.1) is 6.54 Å². The molecule has 0 unspecified atom stereocenters. The second kappa shape index (κ2) is 4.86. The van der Waals surface area contributed by atoms with Crippen molar-refractivity contribution in [1.82, 2.24) is 0 Å². The van der Waals surface area contributed by atoms with Crippen molar-refractivity contribution < 1.29 is 4.79 Å². The smallest absolute Gasteiger partial charge is 0.211 e. The van der Waals surface area contributed by atoms with E-state index in [2.05, 4.69) is 10.3 Å². The standard InChI is InChI=1S/C9H12N4O/c10-9(11)12-5-7-1-3-8(4-2-7)13-6-14/h1-4,6H,5H2,(H,13,14)(H4,10,11,12). The third kappa shape index (κ3) is 3.14. The average molecular weight is 192 g/mol. The number of carbonyl (C=O) groups excluding carboxylic acids is 1. The number of nitrogens with one attached hydrogen (secondary N) is 1. The summed E-state index contributed by atoms with van der Waals surface area (Å²) in [4.78, 5) is 14.0. The van der Waals surface area contributed by atoms with Gasteiger partial charge in [0.2, 0.25) is 6.41 Å². The van der Waals surface area contributed by atoms with E-state index >= 15 is 0 Å². The molecule has 0 saturated carbocycles. The molecule has 0 atom stereocenters. The van der Waals surface area contributed by atoms with Gasteiger partial charge in [0.25, 0.3) is 0 Å². The van der Waals surface area contributed by atoms with E-state index in [-0.39, 0.29) is 5.96 Å². The first-order valence-corrected chi connectivity index (χ1v) is 4.07. The highest BCUT2D eigenvalue weighted by Gasteiger charge is 1.92. The van der Waals surface area contributed by atoms with Gasteiger partial charge < -0.3 is 16.8 Å². The number of nitrogens with zero attached hydrogens (tertiary/aromatic N) is 1. The number of benzene rings is 1. The maximum absolute atomic E-state index is 10.1. The van der Waals surface area contributed by atoms with Crippen molar-refractivity contribution in [2.45, 2.75) is 6.54 Å². The van der Waals surface area contributed by atoms with Gasteiger partial charge in [0.1, 0.15) is 0 Å². The normalized spacial score (nSPS) is 9.14. The fourth-order valence-electron chi connectivity index (χ4n) is 0.957. The summed E-state index contributed by atoms with van der Waals surface area (Å²) in [5.74, 6) is 0.0695. The first kappa shape index (κ1) is 10.0. The molecule has 0 aromatic heterocycles. The Kier molecular flexibility index (Phi) is 3.49. The average Bonchev–Trinajstić information content (AvgIpc) is 2.17. The Balaban J connectivity index is 2.63. The number of aliphatic imine (C=N–C) groups is 1. The van der Waals surface area contributed by atoms with Gasteiger partial charge in [-0.05, 0) is 17.7 Å². The second-order valence-corrected chi connectivity index (χ2v) is 2.70. The molecule has 5 nitrogen and oxygen atoms in total. The van der Waals surface area contributed by atoms with Gasteiger partial charge >= 0.3 is 0 Å². The highest BCUT2D eigenvalue weighted by molar-refractivity contribution is 5.75. The lowest BCUT2D eigenvalue weighted by Crippen LogP contribution is -2.22. The molecule has 14 heavy (non-hydrogen) atoms. The molecule has 1 aromatic rings. The maximum Gasteiger partial charge on any atom is 0.211 e. The molecule has 1 aromatic carbocycles. The molecule has 0 aliphatic heterocycles. The predicted molar refractivity (Wildman–Crippen MR) is 55.6 cm³/mol. The number of rotatable bonds is 4. The zero-order chi connectivity index (χ0) is 10.4. The zero-order valence-electron chi connectivity index (χ0n) is 7.60. The van der Waals surface area contributed by atoms with E-state index in [4.69, 9.17) is 11.5 Å². The summed E-state index contributed by atoms with van der Waals surface area (Å²) in [5.41, 5.74) is 12.1. The molecule has 0 bridgehead atoms. The SMILES string of the molecule is NC(N)=NCc1ccc(NC=O)cc1. The summed E-state index contributed by atoms with van der Waals surface area (Å²) >= 11 is 0. The summed E-state index contributed by atoms with van der Waals surface area (Å²) in [5, 5.41) is 2.53. The van der Waals surface area contributed by atoms with Crippen LogP contribution in [0.2, 0.25) is 0 Å². The molecule has 5 heteroatoms. The quantitative estimate of drug-likeness (QED) is 0.357. The molecule has 1 rings (SSSR count). The van der Waals surface area contributed by atoms with Crippen LogP contribution < -0.4 is 16.8 Å². The molecule has 0 radical (unpaired) electrons. The second-order valence-electron chi connectivity index (χ2n) is 2.70. The lowest BCUT2D eigenvalue weighted by atomic mass is 10.2. The molecule has 0 heterocycles. The van der Waals surface area contributed by atoms with Crippen LogP contribution in [0.5, 0.6) is 0 Å². The van der Waals surface area contributed by atoms with Crippen molar-refractivity contribution in [2.75, 3.05) is 5.32 Å². The topological polar surface area (TPSA) is 93.5 Å². The van der Waals surface area contributed by atoms with Gasteiger partial charge in [0.15, 0.2) is 5.96 Å². The highest BCUT2D eigenvalue weighted by atomic mass is 16.1. The van der Waals surface area contributed by atoms with Crippen molar-refractivity contribution in [3.05, 3.63) is 29.8 Å². The third-order valence-electron chi connectivity index (χ3n) is 1.62. The van der Waals surface area contributed by atoms with E-state index in [1.165, 1.54) is 0 Å². The van der Waals surface area contributed by atoms with Crippen molar-refractivity contribution in [3.63, 3.8) is 0 Å². The molecular formula is C9H12N4O. The Morgan fingerprint density at radius 1 is 1.36 bits per heavy atom. The van der Waals surface area contributed by atoms with Crippen LogP contribution in [0, 0.1) is 0 Å². The van der Waals surface area contributed by atoms with Crippen LogP contribution >= 0.6 is 0 Å². The van der Waals surface area contributed by atoms with E-state index in [1.807, 2.05) is 12.1 Å². The van der Waals surface area contributed by atoms with Crippen LogP contribution in [-0.2, 0) is 11.3 Å². The number of hydrogen-bond acceptors (Lipinski definition) is 2. The van der Waals surface area contributed by atoms with Gasteiger partial charge in [-0.1, -0.05) is 12.1 Å². The lowest BCUT2D eigenvalue weighted by molar-refractivity contribution is -0.105. The minimum atomic E-state index is 0.0695. The van der Waals surface area contributed by atoms with Gasteiger partial charge in [0, 0.05) is 5.69 Å². The van der Waals surface area contributed by atoms with Crippen LogP contribution in [0.15, 0.2) is 29.3 Å². The number of anilines is 1. The number of nitrogens with two attached hydrogens (primary N) is 2. The molecule has 0 fully saturated rings. The fourth-order valence-corrected chi connectivity index (χ4v) is 0.957. The van der Waals surface area contributed by atoms with Crippen molar-refractivity contribution in [2.24, 2.45) is 16.5 Å². The van der Waals surface area contributed by atoms with Crippen LogP contribution in [0.25, 0.3) is 0 Å². The van der Waals surface area contributed by atoms with E-state index in [1.54, 1.807) is 12.1 Å². The van der Waals surface area contributed by atoms with E-state index in [0.29, 0.717) is 13.0 Å². The molecule has 0 spiro atoms. The Labute approximate surface area is 81.8 Å². The molecule has 0 aliphatic rings. The first-order valence-electron chi connectivity index (χ1n) is 4.07. The maximum atomic E-state index is 10.1. The molecule has 0 aliphatic carbocycles. The summed E-state index contributed by atoms with van der Waals surface area (Å²) in [6.45, 7) is 0.448. The van der Waals surface area contributed by atoms with Crippen molar-refractivity contribution >= 4 is 18.1 Å². The lowest BCUT2D eigenvalue weighted by Gasteiger charge is -2.00.